The van der Waals surface area contributed by atoms with Crippen molar-refractivity contribution in [2.75, 3.05) is 32.8 Å². The van der Waals surface area contributed by atoms with Crippen LogP contribution in [-0.4, -0.2) is 48.0 Å². The van der Waals surface area contributed by atoms with E-state index in [1.807, 2.05) is 12.1 Å². The molecule has 2 aliphatic heterocycles. The van der Waals surface area contributed by atoms with Crippen LogP contribution in [0.15, 0.2) is 66.5 Å². The molecule has 3 atom stereocenters. The Bertz CT molecular complexity index is 1040. The van der Waals surface area contributed by atoms with E-state index in [0.717, 1.165) is 36.5 Å². The average Bonchev–Trinajstić information content (AvgIpc) is 2.89. The Kier molecular flexibility index (Phi) is 7.63. The molecule has 3 aliphatic rings. The minimum Gasteiger partial charge on any atom is -0.508 e. The highest BCUT2D eigenvalue weighted by atomic mass is 16.5. The predicted molar refractivity (Wildman–Crippen MR) is 138 cm³/mol. The number of rotatable bonds is 8. The van der Waals surface area contributed by atoms with Gasteiger partial charge >= 0.3 is 0 Å². The summed E-state index contributed by atoms with van der Waals surface area (Å²) in [7, 11) is 0. The van der Waals surface area contributed by atoms with Crippen LogP contribution in [0.25, 0.3) is 0 Å². The Morgan fingerprint density at radius 2 is 1.80 bits per heavy atom. The highest BCUT2D eigenvalue weighted by Crippen LogP contribution is 2.47. The molecule has 1 unspecified atom stereocenters. The van der Waals surface area contributed by atoms with Crippen molar-refractivity contribution in [2.24, 2.45) is 11.8 Å². The lowest BCUT2D eigenvalue weighted by atomic mass is 9.71. The van der Waals surface area contributed by atoms with Crippen LogP contribution in [-0.2, 0) is 0 Å². The van der Waals surface area contributed by atoms with Crippen molar-refractivity contribution in [1.29, 1.82) is 0 Å². The number of phenolic OH excluding ortho intramolecular Hbond substituents is 1. The van der Waals surface area contributed by atoms with Gasteiger partial charge in [0.15, 0.2) is 0 Å². The van der Waals surface area contributed by atoms with Crippen molar-refractivity contribution in [3.63, 3.8) is 0 Å². The van der Waals surface area contributed by atoms with Crippen molar-refractivity contribution >= 4 is 0 Å². The lowest BCUT2D eigenvalue weighted by molar-refractivity contribution is 0.170. The molecule has 2 aromatic rings. The maximum atomic E-state index is 9.97. The van der Waals surface area contributed by atoms with Crippen molar-refractivity contribution in [1.82, 2.24) is 4.90 Å². The van der Waals surface area contributed by atoms with E-state index in [1.165, 1.54) is 50.9 Å². The molecule has 5 nitrogen and oxygen atoms in total. The Labute approximate surface area is 208 Å². The molecule has 2 N–H and O–H groups in total. The van der Waals surface area contributed by atoms with Crippen molar-refractivity contribution in [3.8, 4) is 17.2 Å². The number of aliphatic hydroxyl groups is 1. The second-order valence-corrected chi connectivity index (χ2v) is 10.1. The number of piperidine rings is 1. The number of likely N-dealkylation sites (tertiary alicyclic amines) is 1. The van der Waals surface area contributed by atoms with Gasteiger partial charge in [0, 0.05) is 23.5 Å². The van der Waals surface area contributed by atoms with Crippen LogP contribution in [0.5, 0.6) is 17.2 Å². The van der Waals surface area contributed by atoms with E-state index in [1.54, 1.807) is 18.2 Å². The summed E-state index contributed by atoms with van der Waals surface area (Å²) < 4.78 is 12.1. The smallest absolute Gasteiger partial charge is 0.126 e. The molecular weight excluding hydrogens is 438 g/mol. The summed E-state index contributed by atoms with van der Waals surface area (Å²) in [6.45, 7) is 5.02. The maximum Gasteiger partial charge on any atom is 0.126 e. The van der Waals surface area contributed by atoms with Crippen molar-refractivity contribution in [3.05, 3.63) is 77.6 Å². The quantitative estimate of drug-likeness (QED) is 0.446. The summed E-state index contributed by atoms with van der Waals surface area (Å²) in [5.41, 5.74) is 2.31. The summed E-state index contributed by atoms with van der Waals surface area (Å²) in [6.07, 6.45) is 12.9. The fourth-order valence-corrected chi connectivity index (χ4v) is 5.74. The molecule has 0 spiro atoms. The highest BCUT2D eigenvalue weighted by Gasteiger charge is 2.36. The van der Waals surface area contributed by atoms with Crippen LogP contribution < -0.4 is 9.47 Å². The number of nitrogens with zero attached hydrogens (tertiary/aromatic N) is 1. The zero-order valence-electron chi connectivity index (χ0n) is 20.4. The van der Waals surface area contributed by atoms with Gasteiger partial charge in [-0.1, -0.05) is 30.7 Å². The fraction of sp³-hybridized carbons (Fsp3) is 0.467. The van der Waals surface area contributed by atoms with Gasteiger partial charge in [-0.3, -0.25) is 0 Å². The summed E-state index contributed by atoms with van der Waals surface area (Å²) in [5.74, 6) is 2.85. The molecule has 5 rings (SSSR count). The molecule has 186 valence electrons. The first kappa shape index (κ1) is 23.8. The van der Waals surface area contributed by atoms with Crippen molar-refractivity contribution < 1.29 is 19.7 Å². The standard InChI is InChI=1S/C30H37NO4/c32-24-10-6-22(7-11-24)28-21-35-29-20-25(33)12-15-27(29)30(28)23-8-13-26(14-9-23)34-19-5-4-18-31-16-2-1-3-17-31/h6,8-15,20,22,28,30,32-33H,1-5,7,16-19,21H2/t22?,28-,30-/m1/s1. The average molecular weight is 476 g/mol. The normalized spacial score (nSPS) is 24.3. The molecule has 35 heavy (non-hydrogen) atoms. The Balaban J connectivity index is 1.24. The van der Waals surface area contributed by atoms with Crippen LogP contribution in [0.4, 0.5) is 0 Å². The number of benzene rings is 2. The van der Waals surface area contributed by atoms with Crippen LogP contribution in [0.3, 0.4) is 0 Å². The molecule has 1 aliphatic carbocycles. The lowest BCUT2D eigenvalue weighted by Crippen LogP contribution is -2.32. The first-order chi connectivity index (χ1) is 17.2. The molecule has 0 radical (unpaired) electrons. The third-order valence-electron chi connectivity index (χ3n) is 7.68. The van der Waals surface area contributed by atoms with Crippen LogP contribution >= 0.6 is 0 Å². The van der Waals surface area contributed by atoms with Gasteiger partial charge in [-0.15, -0.1) is 0 Å². The molecule has 5 heteroatoms. The van der Waals surface area contributed by atoms with Gasteiger partial charge in [0.05, 0.1) is 13.2 Å². The molecule has 1 fully saturated rings. The maximum absolute atomic E-state index is 9.97. The Morgan fingerprint density at radius 3 is 2.57 bits per heavy atom. The van der Waals surface area contributed by atoms with Gasteiger partial charge in [0.2, 0.25) is 0 Å². The van der Waals surface area contributed by atoms with E-state index in [9.17, 15) is 10.2 Å². The van der Waals surface area contributed by atoms with Gasteiger partial charge < -0.3 is 24.6 Å². The second kappa shape index (κ2) is 11.2. The minimum atomic E-state index is 0.140. The number of ether oxygens (including phenoxy) is 2. The van der Waals surface area contributed by atoms with E-state index >= 15 is 0 Å². The summed E-state index contributed by atoms with van der Waals surface area (Å²) in [4.78, 5) is 2.58. The van der Waals surface area contributed by atoms with Gasteiger partial charge in [-0.05, 0) is 93.6 Å². The van der Waals surface area contributed by atoms with E-state index in [0.29, 0.717) is 12.4 Å². The predicted octanol–water partition coefficient (Wildman–Crippen LogP) is 6.20. The molecule has 0 bridgehead atoms. The van der Waals surface area contributed by atoms with Gasteiger partial charge in [-0.2, -0.15) is 0 Å². The number of aliphatic hydroxyl groups excluding tert-OH is 1. The number of aromatic hydroxyl groups is 1. The van der Waals surface area contributed by atoms with E-state index in [4.69, 9.17) is 9.47 Å². The second-order valence-electron chi connectivity index (χ2n) is 10.1. The number of allylic oxidation sites excluding steroid dienone is 3. The number of hydrogen-bond acceptors (Lipinski definition) is 5. The molecule has 2 aromatic carbocycles. The molecule has 0 saturated carbocycles. The van der Waals surface area contributed by atoms with Gasteiger partial charge in [0.1, 0.15) is 23.0 Å². The number of phenols is 1. The van der Waals surface area contributed by atoms with Crippen molar-refractivity contribution in [2.45, 2.75) is 44.4 Å². The van der Waals surface area contributed by atoms with Crippen LogP contribution in [0.2, 0.25) is 0 Å². The van der Waals surface area contributed by atoms with Gasteiger partial charge in [0.25, 0.3) is 0 Å². The monoisotopic (exact) mass is 475 g/mol. The summed E-state index contributed by atoms with van der Waals surface area (Å²) in [5, 5.41) is 19.8. The Morgan fingerprint density at radius 1 is 0.971 bits per heavy atom. The Hall–Kier alpha value is -2.92. The summed E-state index contributed by atoms with van der Waals surface area (Å²) >= 11 is 0. The lowest BCUT2D eigenvalue weighted by Gasteiger charge is -2.38. The fourth-order valence-electron chi connectivity index (χ4n) is 5.74. The molecule has 2 heterocycles. The number of fused-ring (bicyclic) bond motifs is 1. The highest BCUT2D eigenvalue weighted by molar-refractivity contribution is 5.49. The first-order valence-corrected chi connectivity index (χ1v) is 13.2. The number of unbranched alkanes of at least 4 members (excludes halogenated alkanes) is 1. The molecule has 0 amide bonds. The zero-order chi connectivity index (χ0) is 24.0. The minimum absolute atomic E-state index is 0.140. The third kappa shape index (κ3) is 5.84. The molecule has 1 saturated heterocycles. The largest absolute Gasteiger partial charge is 0.508 e. The van der Waals surface area contributed by atoms with E-state index < -0.39 is 0 Å². The topological polar surface area (TPSA) is 62.2 Å². The zero-order valence-corrected chi connectivity index (χ0v) is 20.4. The van der Waals surface area contributed by atoms with E-state index in [2.05, 4.69) is 35.2 Å². The number of hydrogen-bond donors (Lipinski definition) is 2. The first-order valence-electron chi connectivity index (χ1n) is 13.2. The van der Waals surface area contributed by atoms with Gasteiger partial charge in [-0.25, -0.2) is 0 Å². The van der Waals surface area contributed by atoms with Crippen LogP contribution in [0.1, 0.15) is 55.6 Å². The van der Waals surface area contributed by atoms with Crippen LogP contribution in [0, 0.1) is 11.8 Å². The van der Waals surface area contributed by atoms with E-state index in [-0.39, 0.29) is 23.5 Å². The SMILES string of the molecule is OC1=CCC([C@H]2COc3cc(O)ccc3[C@H]2c2ccc(OCCCCN3CCCCC3)cc2)C=C1. The third-order valence-corrected chi connectivity index (χ3v) is 7.68. The molecule has 0 aromatic heterocycles. The molecular formula is C30H37NO4. The summed E-state index contributed by atoms with van der Waals surface area (Å²) in [6, 6.07) is 13.9.